The van der Waals surface area contributed by atoms with Crippen LogP contribution < -0.4 is 4.90 Å². The Morgan fingerprint density at radius 1 is 1.07 bits per heavy atom. The Morgan fingerprint density at radius 3 is 2.54 bits per heavy atom. The number of rotatable bonds is 4. The largest absolute Gasteiger partial charge is 0.334 e. The maximum atomic E-state index is 12.9. The fourth-order valence-electron chi connectivity index (χ4n) is 3.66. The van der Waals surface area contributed by atoms with Gasteiger partial charge in [-0.05, 0) is 49.1 Å². The minimum absolute atomic E-state index is 0.0142. The molecule has 1 aromatic heterocycles. The first-order chi connectivity index (χ1) is 13.7. The minimum Gasteiger partial charge on any atom is -0.334 e. The number of amides is 1. The smallest absolute Gasteiger partial charge is 0.257 e. The summed E-state index contributed by atoms with van der Waals surface area (Å²) in [5, 5.41) is 0. The lowest BCUT2D eigenvalue weighted by atomic mass is 9.99. The van der Waals surface area contributed by atoms with Crippen molar-refractivity contribution in [2.24, 2.45) is 0 Å². The van der Waals surface area contributed by atoms with E-state index in [-0.39, 0.29) is 5.91 Å². The molecule has 5 heteroatoms. The third kappa shape index (κ3) is 3.60. The molecule has 1 aliphatic heterocycles. The Bertz CT molecular complexity index is 984. The minimum atomic E-state index is -0.0142. The van der Waals surface area contributed by atoms with Crippen LogP contribution in [-0.4, -0.2) is 33.9 Å². The molecule has 0 N–H and O–H groups in total. The standard InChI is InChI=1S/C23H24N4O/c1-3-27(21-10-6-7-17(2)13-21)23-24-14-20(15-25-23)22(28)26-12-11-18-8-4-5-9-19(18)16-26/h4-10,13-15H,3,11-12,16H2,1-2H3. The highest BCUT2D eigenvalue weighted by molar-refractivity contribution is 5.93. The van der Waals surface area contributed by atoms with Gasteiger partial charge in [0.15, 0.2) is 0 Å². The van der Waals surface area contributed by atoms with Crippen LogP contribution in [0, 0.1) is 6.92 Å². The molecule has 0 bridgehead atoms. The van der Waals surface area contributed by atoms with Crippen molar-refractivity contribution in [2.75, 3.05) is 18.0 Å². The van der Waals surface area contributed by atoms with Crippen LogP contribution >= 0.6 is 0 Å². The molecule has 0 saturated carbocycles. The number of carbonyl (C=O) groups excluding carboxylic acids is 1. The maximum absolute atomic E-state index is 12.9. The quantitative estimate of drug-likeness (QED) is 0.691. The predicted molar refractivity (Wildman–Crippen MR) is 111 cm³/mol. The maximum Gasteiger partial charge on any atom is 0.257 e. The van der Waals surface area contributed by atoms with Gasteiger partial charge in [0, 0.05) is 37.7 Å². The van der Waals surface area contributed by atoms with Gasteiger partial charge in [-0.25, -0.2) is 9.97 Å². The number of carbonyl (C=O) groups is 1. The van der Waals surface area contributed by atoms with Gasteiger partial charge in [-0.15, -0.1) is 0 Å². The monoisotopic (exact) mass is 372 g/mol. The number of benzene rings is 2. The molecular formula is C23H24N4O. The van der Waals surface area contributed by atoms with E-state index >= 15 is 0 Å². The number of hydrogen-bond acceptors (Lipinski definition) is 4. The molecule has 1 amide bonds. The third-order valence-electron chi connectivity index (χ3n) is 5.17. The molecule has 0 aliphatic carbocycles. The van der Waals surface area contributed by atoms with Crippen molar-refractivity contribution in [1.82, 2.24) is 14.9 Å². The predicted octanol–water partition coefficient (Wildman–Crippen LogP) is 4.14. The second kappa shape index (κ2) is 7.80. The Balaban J connectivity index is 1.52. The summed E-state index contributed by atoms with van der Waals surface area (Å²) in [4.78, 5) is 25.8. The van der Waals surface area contributed by atoms with Gasteiger partial charge >= 0.3 is 0 Å². The van der Waals surface area contributed by atoms with Crippen molar-refractivity contribution < 1.29 is 4.79 Å². The van der Waals surface area contributed by atoms with Gasteiger partial charge in [0.25, 0.3) is 5.91 Å². The van der Waals surface area contributed by atoms with Crippen LogP contribution in [0.2, 0.25) is 0 Å². The van der Waals surface area contributed by atoms with Gasteiger partial charge in [-0.2, -0.15) is 0 Å². The molecule has 28 heavy (non-hydrogen) atoms. The normalized spacial score (nSPS) is 13.1. The molecule has 0 unspecified atom stereocenters. The lowest BCUT2D eigenvalue weighted by molar-refractivity contribution is 0.0734. The molecule has 0 spiro atoms. The number of hydrogen-bond donors (Lipinski definition) is 0. The van der Waals surface area contributed by atoms with Crippen LogP contribution in [0.15, 0.2) is 60.9 Å². The van der Waals surface area contributed by atoms with E-state index < -0.39 is 0 Å². The van der Waals surface area contributed by atoms with Gasteiger partial charge in [0.2, 0.25) is 5.95 Å². The number of aromatic nitrogens is 2. The van der Waals surface area contributed by atoms with Crippen LogP contribution in [0.4, 0.5) is 11.6 Å². The Kier molecular flexibility index (Phi) is 5.06. The molecule has 0 atom stereocenters. The number of fused-ring (bicyclic) bond motifs is 1. The number of anilines is 2. The topological polar surface area (TPSA) is 49.3 Å². The summed E-state index contributed by atoms with van der Waals surface area (Å²) in [6.07, 6.45) is 4.17. The number of aryl methyl sites for hydroxylation is 1. The van der Waals surface area contributed by atoms with Crippen LogP contribution in [0.25, 0.3) is 0 Å². The number of nitrogens with zero attached hydrogens (tertiary/aromatic N) is 4. The average molecular weight is 372 g/mol. The zero-order chi connectivity index (χ0) is 19.5. The lowest BCUT2D eigenvalue weighted by Crippen LogP contribution is -2.36. The average Bonchev–Trinajstić information content (AvgIpc) is 2.74. The molecule has 2 aromatic carbocycles. The molecule has 3 aromatic rings. The zero-order valence-corrected chi connectivity index (χ0v) is 16.3. The Labute approximate surface area is 165 Å². The molecule has 2 heterocycles. The van der Waals surface area contributed by atoms with Crippen molar-refractivity contribution in [3.63, 3.8) is 0 Å². The zero-order valence-electron chi connectivity index (χ0n) is 16.3. The second-order valence-electron chi connectivity index (χ2n) is 7.10. The van der Waals surface area contributed by atoms with Crippen LogP contribution in [0.1, 0.15) is 34.0 Å². The van der Waals surface area contributed by atoms with Crippen LogP contribution in [0.3, 0.4) is 0 Å². The van der Waals surface area contributed by atoms with Gasteiger partial charge in [0.1, 0.15) is 0 Å². The summed E-state index contributed by atoms with van der Waals surface area (Å²) in [6.45, 7) is 6.25. The first-order valence-electron chi connectivity index (χ1n) is 9.68. The van der Waals surface area contributed by atoms with Gasteiger partial charge < -0.3 is 9.80 Å². The highest BCUT2D eigenvalue weighted by Crippen LogP contribution is 2.23. The molecule has 0 saturated heterocycles. The van der Waals surface area contributed by atoms with E-state index in [0.717, 1.165) is 25.2 Å². The van der Waals surface area contributed by atoms with Crippen molar-refractivity contribution in [3.05, 3.63) is 83.2 Å². The molecule has 5 nitrogen and oxygen atoms in total. The van der Waals surface area contributed by atoms with Crippen molar-refractivity contribution in [3.8, 4) is 0 Å². The van der Waals surface area contributed by atoms with E-state index in [1.165, 1.54) is 16.7 Å². The molecule has 142 valence electrons. The fourth-order valence-corrected chi connectivity index (χ4v) is 3.66. The second-order valence-corrected chi connectivity index (χ2v) is 7.10. The third-order valence-corrected chi connectivity index (χ3v) is 5.17. The highest BCUT2D eigenvalue weighted by Gasteiger charge is 2.22. The summed E-state index contributed by atoms with van der Waals surface area (Å²) in [6, 6.07) is 16.6. The Morgan fingerprint density at radius 2 is 1.82 bits per heavy atom. The summed E-state index contributed by atoms with van der Waals surface area (Å²) in [7, 11) is 0. The summed E-state index contributed by atoms with van der Waals surface area (Å²) in [5.41, 5.74) is 5.32. The molecular weight excluding hydrogens is 348 g/mol. The van der Waals surface area contributed by atoms with E-state index in [1.54, 1.807) is 12.4 Å². The van der Waals surface area contributed by atoms with Gasteiger partial charge in [-0.3, -0.25) is 4.79 Å². The highest BCUT2D eigenvalue weighted by atomic mass is 16.2. The summed E-state index contributed by atoms with van der Waals surface area (Å²) >= 11 is 0. The lowest BCUT2D eigenvalue weighted by Gasteiger charge is -2.29. The van der Waals surface area contributed by atoms with Crippen LogP contribution in [-0.2, 0) is 13.0 Å². The van der Waals surface area contributed by atoms with E-state index in [4.69, 9.17) is 0 Å². The summed E-state index contributed by atoms with van der Waals surface area (Å²) < 4.78 is 0. The first kappa shape index (κ1) is 18.2. The molecule has 0 fully saturated rings. The molecule has 4 rings (SSSR count). The van der Waals surface area contributed by atoms with Crippen molar-refractivity contribution in [1.29, 1.82) is 0 Å². The van der Waals surface area contributed by atoms with E-state index in [1.807, 2.05) is 28.0 Å². The van der Waals surface area contributed by atoms with Gasteiger partial charge in [-0.1, -0.05) is 36.4 Å². The van der Waals surface area contributed by atoms with Crippen LogP contribution in [0.5, 0.6) is 0 Å². The van der Waals surface area contributed by atoms with E-state index in [9.17, 15) is 4.79 Å². The summed E-state index contributed by atoms with van der Waals surface area (Å²) in [5.74, 6) is 0.591. The Hall–Kier alpha value is -3.21. The van der Waals surface area contributed by atoms with E-state index in [2.05, 4.69) is 54.1 Å². The fraction of sp³-hybridized carbons (Fsp3) is 0.261. The molecule has 1 aliphatic rings. The van der Waals surface area contributed by atoms with Gasteiger partial charge in [0.05, 0.1) is 5.56 Å². The first-order valence-corrected chi connectivity index (χ1v) is 9.68. The SMILES string of the molecule is CCN(c1cccc(C)c1)c1ncc(C(=O)N2CCc3ccccc3C2)cn1. The van der Waals surface area contributed by atoms with Crippen molar-refractivity contribution in [2.45, 2.75) is 26.8 Å². The van der Waals surface area contributed by atoms with Crippen molar-refractivity contribution >= 4 is 17.5 Å². The van der Waals surface area contributed by atoms with E-state index in [0.29, 0.717) is 18.1 Å². The molecule has 0 radical (unpaired) electrons.